The quantitative estimate of drug-likeness (QED) is 0.377. The Kier molecular flexibility index (Phi) is 5.22. The standard InChI is InChI=1S/C20H17N3O2S2/c1-13(19(24)21-12-14-6-5-11-26-14)27-20-15-7-2-3-8-16(15)22-18(23-20)17-9-4-10-25-17/h2-11,13H,12H2,1H3,(H,21,24). The third kappa shape index (κ3) is 4.04. The van der Waals surface area contributed by atoms with E-state index < -0.39 is 0 Å². The molecule has 1 unspecified atom stereocenters. The molecule has 0 saturated heterocycles. The van der Waals surface area contributed by atoms with Crippen molar-refractivity contribution < 1.29 is 9.21 Å². The van der Waals surface area contributed by atoms with Crippen LogP contribution in [0, 0.1) is 0 Å². The van der Waals surface area contributed by atoms with E-state index in [0.29, 0.717) is 18.1 Å². The molecule has 0 aliphatic heterocycles. The highest BCUT2D eigenvalue weighted by Crippen LogP contribution is 2.31. The molecule has 4 aromatic rings. The maximum Gasteiger partial charge on any atom is 0.233 e. The SMILES string of the molecule is CC(Sc1nc(-c2ccco2)nc2ccccc12)C(=O)NCc1cccs1. The van der Waals surface area contributed by atoms with E-state index in [2.05, 4.69) is 15.3 Å². The Bertz CT molecular complexity index is 1050. The summed E-state index contributed by atoms with van der Waals surface area (Å²) in [4.78, 5) is 22.9. The van der Waals surface area contributed by atoms with E-state index in [-0.39, 0.29) is 11.2 Å². The van der Waals surface area contributed by atoms with E-state index in [1.165, 1.54) is 11.8 Å². The van der Waals surface area contributed by atoms with Gasteiger partial charge in [0.2, 0.25) is 5.91 Å². The molecule has 4 rings (SSSR count). The second-order valence-corrected chi connectivity index (χ2v) is 8.27. The van der Waals surface area contributed by atoms with Crippen molar-refractivity contribution in [3.63, 3.8) is 0 Å². The van der Waals surface area contributed by atoms with Crippen molar-refractivity contribution in [3.8, 4) is 11.6 Å². The highest BCUT2D eigenvalue weighted by Gasteiger charge is 2.18. The lowest BCUT2D eigenvalue weighted by molar-refractivity contribution is -0.120. The van der Waals surface area contributed by atoms with E-state index in [0.717, 1.165) is 20.8 Å². The highest BCUT2D eigenvalue weighted by atomic mass is 32.2. The van der Waals surface area contributed by atoms with Crippen LogP contribution in [-0.4, -0.2) is 21.1 Å². The number of aromatic nitrogens is 2. The molecule has 136 valence electrons. The van der Waals surface area contributed by atoms with Gasteiger partial charge in [0.25, 0.3) is 0 Å². The molecule has 0 aliphatic carbocycles. The van der Waals surface area contributed by atoms with Gasteiger partial charge in [-0.3, -0.25) is 4.79 Å². The van der Waals surface area contributed by atoms with Gasteiger partial charge in [-0.15, -0.1) is 11.3 Å². The number of nitrogens with one attached hydrogen (secondary N) is 1. The molecule has 0 aliphatic rings. The summed E-state index contributed by atoms with van der Waals surface area (Å²) in [5, 5.41) is 6.40. The van der Waals surface area contributed by atoms with Crippen LogP contribution in [0.15, 0.2) is 69.6 Å². The second kappa shape index (κ2) is 7.94. The molecular formula is C20H17N3O2S2. The molecule has 5 nitrogen and oxygen atoms in total. The zero-order valence-electron chi connectivity index (χ0n) is 14.6. The highest BCUT2D eigenvalue weighted by molar-refractivity contribution is 8.00. The molecule has 7 heteroatoms. The minimum atomic E-state index is -0.285. The summed E-state index contributed by atoms with van der Waals surface area (Å²) in [7, 11) is 0. The third-order valence-corrected chi connectivity index (χ3v) is 5.96. The average Bonchev–Trinajstić information content (AvgIpc) is 3.39. The van der Waals surface area contributed by atoms with Crippen LogP contribution in [0.5, 0.6) is 0 Å². The number of benzene rings is 1. The topological polar surface area (TPSA) is 68.0 Å². The van der Waals surface area contributed by atoms with Crippen LogP contribution in [0.3, 0.4) is 0 Å². The van der Waals surface area contributed by atoms with Crippen LogP contribution in [0.2, 0.25) is 0 Å². The van der Waals surface area contributed by atoms with Crippen molar-refractivity contribution in [3.05, 3.63) is 65.1 Å². The first-order chi connectivity index (χ1) is 13.2. The van der Waals surface area contributed by atoms with Gasteiger partial charge in [-0.2, -0.15) is 0 Å². The van der Waals surface area contributed by atoms with Crippen LogP contribution in [0.1, 0.15) is 11.8 Å². The summed E-state index contributed by atoms with van der Waals surface area (Å²) < 4.78 is 5.44. The van der Waals surface area contributed by atoms with Crippen LogP contribution in [-0.2, 0) is 11.3 Å². The van der Waals surface area contributed by atoms with E-state index in [4.69, 9.17) is 4.42 Å². The minimum absolute atomic E-state index is 0.0179. The van der Waals surface area contributed by atoms with Gasteiger partial charge in [0.05, 0.1) is 23.6 Å². The zero-order chi connectivity index (χ0) is 18.6. The number of fused-ring (bicyclic) bond motifs is 1. The third-order valence-electron chi connectivity index (χ3n) is 3.98. The van der Waals surface area contributed by atoms with Gasteiger partial charge in [-0.1, -0.05) is 36.0 Å². The fourth-order valence-electron chi connectivity index (χ4n) is 2.61. The fourth-order valence-corrected chi connectivity index (χ4v) is 4.21. The first-order valence-corrected chi connectivity index (χ1v) is 10.2. The number of carbonyl (C=O) groups is 1. The van der Waals surface area contributed by atoms with Crippen molar-refractivity contribution in [2.75, 3.05) is 0 Å². The van der Waals surface area contributed by atoms with Gasteiger partial charge in [-0.05, 0) is 36.6 Å². The molecule has 0 saturated carbocycles. The Morgan fingerprint density at radius 1 is 1.19 bits per heavy atom. The number of amides is 1. The molecule has 1 atom stereocenters. The number of thiophene rings is 1. The minimum Gasteiger partial charge on any atom is -0.461 e. The van der Waals surface area contributed by atoms with Crippen LogP contribution >= 0.6 is 23.1 Å². The van der Waals surface area contributed by atoms with Crippen molar-refractivity contribution in [1.82, 2.24) is 15.3 Å². The van der Waals surface area contributed by atoms with Crippen molar-refractivity contribution in [2.45, 2.75) is 23.7 Å². The first kappa shape index (κ1) is 17.8. The lowest BCUT2D eigenvalue weighted by atomic mass is 10.2. The lowest BCUT2D eigenvalue weighted by Crippen LogP contribution is -2.30. The fraction of sp³-hybridized carbons (Fsp3) is 0.150. The lowest BCUT2D eigenvalue weighted by Gasteiger charge is -2.13. The van der Waals surface area contributed by atoms with Gasteiger partial charge >= 0.3 is 0 Å². The molecule has 0 fully saturated rings. The summed E-state index contributed by atoms with van der Waals surface area (Å²) >= 11 is 3.06. The molecule has 1 N–H and O–H groups in total. The van der Waals surface area contributed by atoms with E-state index in [1.807, 2.05) is 54.8 Å². The van der Waals surface area contributed by atoms with E-state index >= 15 is 0 Å². The number of nitrogens with zero attached hydrogens (tertiary/aromatic N) is 2. The average molecular weight is 396 g/mol. The Morgan fingerprint density at radius 3 is 2.85 bits per heavy atom. The number of hydrogen-bond acceptors (Lipinski definition) is 6. The molecule has 0 bridgehead atoms. The Labute approximate surface area is 164 Å². The predicted octanol–water partition coefficient (Wildman–Crippen LogP) is 4.75. The summed E-state index contributed by atoms with van der Waals surface area (Å²) in [6.45, 7) is 2.43. The summed E-state index contributed by atoms with van der Waals surface area (Å²) in [6, 6.07) is 15.4. The zero-order valence-corrected chi connectivity index (χ0v) is 16.2. The molecule has 0 spiro atoms. The largest absolute Gasteiger partial charge is 0.461 e. The Balaban J connectivity index is 1.57. The normalized spacial score (nSPS) is 12.2. The van der Waals surface area contributed by atoms with Gasteiger partial charge in [0, 0.05) is 10.3 Å². The molecule has 27 heavy (non-hydrogen) atoms. The van der Waals surface area contributed by atoms with Crippen LogP contribution < -0.4 is 5.32 Å². The maximum atomic E-state index is 12.5. The molecule has 0 radical (unpaired) electrons. The Hall–Kier alpha value is -2.64. The van der Waals surface area contributed by atoms with E-state index in [9.17, 15) is 4.79 Å². The first-order valence-electron chi connectivity index (χ1n) is 8.48. The van der Waals surface area contributed by atoms with Crippen molar-refractivity contribution in [2.24, 2.45) is 0 Å². The molecule has 1 aromatic carbocycles. The monoisotopic (exact) mass is 395 g/mol. The number of thioether (sulfide) groups is 1. The second-order valence-electron chi connectivity index (χ2n) is 5.90. The molecular weight excluding hydrogens is 378 g/mol. The maximum absolute atomic E-state index is 12.5. The van der Waals surface area contributed by atoms with Crippen LogP contribution in [0.25, 0.3) is 22.5 Å². The van der Waals surface area contributed by atoms with Gasteiger partial charge < -0.3 is 9.73 Å². The summed E-state index contributed by atoms with van der Waals surface area (Å²) in [5.41, 5.74) is 0.826. The van der Waals surface area contributed by atoms with E-state index in [1.54, 1.807) is 23.7 Å². The molecule has 3 heterocycles. The molecule has 1 amide bonds. The number of rotatable bonds is 6. The number of carbonyl (C=O) groups excluding carboxylic acids is 1. The van der Waals surface area contributed by atoms with Crippen molar-refractivity contribution >= 4 is 39.9 Å². The molecule has 3 aromatic heterocycles. The van der Waals surface area contributed by atoms with Crippen LogP contribution in [0.4, 0.5) is 0 Å². The number of para-hydroxylation sites is 1. The van der Waals surface area contributed by atoms with Gasteiger partial charge in [0.15, 0.2) is 11.6 Å². The van der Waals surface area contributed by atoms with Gasteiger partial charge in [-0.25, -0.2) is 9.97 Å². The van der Waals surface area contributed by atoms with Gasteiger partial charge in [0.1, 0.15) is 5.03 Å². The number of furan rings is 1. The Morgan fingerprint density at radius 2 is 2.07 bits per heavy atom. The number of hydrogen-bond donors (Lipinski definition) is 1. The van der Waals surface area contributed by atoms with Crippen molar-refractivity contribution in [1.29, 1.82) is 0 Å². The smallest absolute Gasteiger partial charge is 0.233 e. The summed E-state index contributed by atoms with van der Waals surface area (Å²) in [6.07, 6.45) is 1.60. The predicted molar refractivity (Wildman–Crippen MR) is 109 cm³/mol. The summed E-state index contributed by atoms with van der Waals surface area (Å²) in [5.74, 6) is 1.11.